The van der Waals surface area contributed by atoms with E-state index in [2.05, 4.69) is 22.4 Å². The Morgan fingerprint density at radius 3 is 3.00 bits per heavy atom. The average Bonchev–Trinajstić information content (AvgIpc) is 3.17. The van der Waals surface area contributed by atoms with Gasteiger partial charge in [0.25, 0.3) is 0 Å². The van der Waals surface area contributed by atoms with Crippen molar-refractivity contribution >= 4 is 0 Å². The smallest absolute Gasteiger partial charge is 0.231 e. The lowest BCUT2D eigenvalue weighted by atomic mass is 10.0. The Bertz CT molecular complexity index is 415. The highest BCUT2D eigenvalue weighted by atomic mass is 16.5. The van der Waals surface area contributed by atoms with Crippen molar-refractivity contribution in [2.24, 2.45) is 0 Å². The van der Waals surface area contributed by atoms with Crippen LogP contribution in [0.5, 0.6) is 0 Å². The first kappa shape index (κ1) is 14.0. The van der Waals surface area contributed by atoms with Crippen LogP contribution in [-0.2, 0) is 11.2 Å². The van der Waals surface area contributed by atoms with Gasteiger partial charge in [0.15, 0.2) is 5.82 Å². The molecule has 0 spiro atoms. The van der Waals surface area contributed by atoms with Gasteiger partial charge >= 0.3 is 0 Å². The summed E-state index contributed by atoms with van der Waals surface area (Å²) < 4.78 is 11.1. The highest BCUT2D eigenvalue weighted by Crippen LogP contribution is 2.33. The zero-order valence-electron chi connectivity index (χ0n) is 12.3. The van der Waals surface area contributed by atoms with Gasteiger partial charge in [-0.2, -0.15) is 4.98 Å². The summed E-state index contributed by atoms with van der Waals surface area (Å²) in [5.41, 5.74) is 0. The Kier molecular flexibility index (Phi) is 4.68. The molecule has 1 aliphatic heterocycles. The summed E-state index contributed by atoms with van der Waals surface area (Å²) in [5.74, 6) is 2.03. The predicted molar refractivity (Wildman–Crippen MR) is 75.6 cm³/mol. The van der Waals surface area contributed by atoms with Crippen LogP contribution < -0.4 is 5.32 Å². The van der Waals surface area contributed by atoms with Crippen molar-refractivity contribution in [3.05, 3.63) is 11.7 Å². The highest BCUT2D eigenvalue weighted by molar-refractivity contribution is 5.03. The van der Waals surface area contributed by atoms with E-state index in [1.54, 1.807) is 0 Å². The molecule has 0 amide bonds. The van der Waals surface area contributed by atoms with Crippen LogP contribution in [0.25, 0.3) is 0 Å². The van der Waals surface area contributed by atoms with E-state index < -0.39 is 0 Å². The Morgan fingerprint density at radius 2 is 2.20 bits per heavy atom. The molecule has 2 heterocycles. The number of nitrogens with zero attached hydrogens (tertiary/aromatic N) is 2. The van der Waals surface area contributed by atoms with Gasteiger partial charge in [-0.05, 0) is 38.6 Å². The molecule has 2 fully saturated rings. The van der Waals surface area contributed by atoms with Crippen LogP contribution >= 0.6 is 0 Å². The van der Waals surface area contributed by atoms with Gasteiger partial charge in [-0.3, -0.25) is 0 Å². The molecule has 0 aromatic carbocycles. The van der Waals surface area contributed by atoms with E-state index in [9.17, 15) is 0 Å². The van der Waals surface area contributed by atoms with E-state index in [1.807, 2.05) is 0 Å². The van der Waals surface area contributed by atoms with E-state index in [-0.39, 0.29) is 6.10 Å². The van der Waals surface area contributed by atoms with E-state index in [0.717, 1.165) is 57.0 Å². The van der Waals surface area contributed by atoms with Gasteiger partial charge in [0, 0.05) is 19.1 Å². The van der Waals surface area contributed by atoms with Crippen molar-refractivity contribution in [3.8, 4) is 0 Å². The van der Waals surface area contributed by atoms with E-state index in [1.165, 1.54) is 12.8 Å². The summed E-state index contributed by atoms with van der Waals surface area (Å²) in [7, 11) is 0. The van der Waals surface area contributed by atoms with Crippen LogP contribution in [-0.4, -0.2) is 35.4 Å². The van der Waals surface area contributed by atoms with Crippen molar-refractivity contribution < 1.29 is 9.26 Å². The molecule has 0 radical (unpaired) electrons. The molecule has 3 rings (SSSR count). The molecule has 112 valence electrons. The van der Waals surface area contributed by atoms with Gasteiger partial charge in [-0.1, -0.05) is 18.5 Å². The largest absolute Gasteiger partial charge is 0.378 e. The van der Waals surface area contributed by atoms with Gasteiger partial charge < -0.3 is 14.6 Å². The first-order valence-electron chi connectivity index (χ1n) is 8.04. The molecule has 1 aromatic heterocycles. The minimum Gasteiger partial charge on any atom is -0.378 e. The van der Waals surface area contributed by atoms with Crippen LogP contribution in [0.4, 0.5) is 0 Å². The second-order valence-electron chi connectivity index (χ2n) is 5.99. The molecular formula is C15H25N3O2. The van der Waals surface area contributed by atoms with Gasteiger partial charge in [0.1, 0.15) is 0 Å². The van der Waals surface area contributed by atoms with Gasteiger partial charge in [-0.25, -0.2) is 0 Å². The van der Waals surface area contributed by atoms with E-state index in [0.29, 0.717) is 12.0 Å². The number of aromatic nitrogens is 2. The topological polar surface area (TPSA) is 60.2 Å². The Balaban J connectivity index is 1.60. The fourth-order valence-corrected chi connectivity index (χ4v) is 3.34. The van der Waals surface area contributed by atoms with Crippen molar-refractivity contribution in [3.63, 3.8) is 0 Å². The van der Waals surface area contributed by atoms with Crippen molar-refractivity contribution in [1.82, 2.24) is 15.5 Å². The first-order valence-corrected chi connectivity index (χ1v) is 8.04. The normalized spacial score (nSPS) is 30.1. The molecule has 3 unspecified atom stereocenters. The van der Waals surface area contributed by atoms with Gasteiger partial charge in [-0.15, -0.1) is 0 Å². The number of rotatable bonds is 6. The zero-order chi connectivity index (χ0) is 13.8. The molecule has 20 heavy (non-hydrogen) atoms. The average molecular weight is 279 g/mol. The lowest BCUT2D eigenvalue weighted by Gasteiger charge is -2.17. The second-order valence-corrected chi connectivity index (χ2v) is 5.99. The SMILES string of the molecule is CCCNC1CCCC1c1nc(CC2CCCO2)no1. The monoisotopic (exact) mass is 279 g/mol. The molecule has 3 atom stereocenters. The number of ether oxygens (including phenoxy) is 1. The summed E-state index contributed by atoms with van der Waals surface area (Å²) in [6.07, 6.45) is 8.14. The lowest BCUT2D eigenvalue weighted by molar-refractivity contribution is 0.109. The minimum atomic E-state index is 0.290. The molecule has 0 bridgehead atoms. The molecule has 5 heteroatoms. The van der Waals surface area contributed by atoms with Crippen LogP contribution in [0, 0.1) is 0 Å². The maximum atomic E-state index is 5.63. The van der Waals surface area contributed by atoms with Crippen molar-refractivity contribution in [1.29, 1.82) is 0 Å². The Morgan fingerprint density at radius 1 is 1.25 bits per heavy atom. The molecule has 1 aliphatic carbocycles. The number of hydrogen-bond acceptors (Lipinski definition) is 5. The third kappa shape index (κ3) is 3.20. The maximum Gasteiger partial charge on any atom is 0.231 e. The molecule has 2 aliphatic rings. The van der Waals surface area contributed by atoms with Crippen molar-refractivity contribution in [2.75, 3.05) is 13.2 Å². The van der Waals surface area contributed by atoms with Crippen LogP contribution in [0.15, 0.2) is 4.52 Å². The van der Waals surface area contributed by atoms with Crippen LogP contribution in [0.3, 0.4) is 0 Å². The summed E-state index contributed by atoms with van der Waals surface area (Å²) in [6.45, 7) is 4.14. The third-order valence-corrected chi connectivity index (χ3v) is 4.41. The number of nitrogens with one attached hydrogen (secondary N) is 1. The van der Waals surface area contributed by atoms with Gasteiger partial charge in [0.2, 0.25) is 5.89 Å². The molecule has 1 saturated carbocycles. The van der Waals surface area contributed by atoms with Crippen molar-refractivity contribution in [2.45, 2.75) is 69.9 Å². The van der Waals surface area contributed by atoms with Crippen LogP contribution in [0.1, 0.15) is 63.1 Å². The zero-order valence-corrected chi connectivity index (χ0v) is 12.3. The minimum absolute atomic E-state index is 0.290. The molecule has 5 nitrogen and oxygen atoms in total. The summed E-state index contributed by atoms with van der Waals surface area (Å²) in [6, 6.07) is 0.506. The first-order chi connectivity index (χ1) is 9.86. The predicted octanol–water partition coefficient (Wildman–Crippen LogP) is 2.43. The highest BCUT2D eigenvalue weighted by Gasteiger charge is 2.32. The number of hydrogen-bond donors (Lipinski definition) is 1. The molecule has 1 N–H and O–H groups in total. The van der Waals surface area contributed by atoms with Gasteiger partial charge in [0.05, 0.1) is 12.0 Å². The Hall–Kier alpha value is -0.940. The standard InChI is InChI=1S/C15H25N3O2/c1-2-8-16-13-7-3-6-12(13)15-17-14(18-20-15)10-11-5-4-9-19-11/h11-13,16H,2-10H2,1H3. The summed E-state index contributed by atoms with van der Waals surface area (Å²) in [4.78, 5) is 4.62. The molecule has 1 aromatic rings. The molecule has 1 saturated heterocycles. The lowest BCUT2D eigenvalue weighted by Crippen LogP contribution is -2.31. The third-order valence-electron chi connectivity index (χ3n) is 4.41. The summed E-state index contributed by atoms with van der Waals surface area (Å²) >= 11 is 0. The maximum absolute atomic E-state index is 5.63. The summed E-state index contributed by atoms with van der Waals surface area (Å²) in [5, 5.41) is 7.75. The Labute approximate surface area is 120 Å². The van der Waals surface area contributed by atoms with E-state index >= 15 is 0 Å². The van der Waals surface area contributed by atoms with Crippen LogP contribution in [0.2, 0.25) is 0 Å². The quantitative estimate of drug-likeness (QED) is 0.866. The fraction of sp³-hybridized carbons (Fsp3) is 0.867. The van der Waals surface area contributed by atoms with E-state index in [4.69, 9.17) is 9.26 Å². The second kappa shape index (κ2) is 6.68. The molecular weight excluding hydrogens is 254 g/mol. The fourth-order valence-electron chi connectivity index (χ4n) is 3.34.